The minimum absolute atomic E-state index is 0. The van der Waals surface area contributed by atoms with Gasteiger partial charge < -0.3 is 4.55 Å². The van der Waals surface area contributed by atoms with E-state index < -0.39 is 10.1 Å². The molecule has 0 atom stereocenters. The van der Waals surface area contributed by atoms with Gasteiger partial charge in [0.25, 0.3) is 0 Å². The van der Waals surface area contributed by atoms with E-state index in [-0.39, 0.29) is 56.3 Å². The van der Waals surface area contributed by atoms with Crippen molar-refractivity contribution in [1.29, 1.82) is 0 Å². The van der Waals surface area contributed by atoms with Crippen molar-refractivity contribution in [2.24, 2.45) is 0 Å². The van der Waals surface area contributed by atoms with E-state index >= 15 is 0 Å². The first kappa shape index (κ1) is 25.3. The Morgan fingerprint density at radius 2 is 1.33 bits per heavy atom. The van der Waals surface area contributed by atoms with Crippen molar-refractivity contribution >= 4 is 20.9 Å². The van der Waals surface area contributed by atoms with Crippen LogP contribution in [0.1, 0.15) is 76.7 Å². The Balaban J connectivity index is 0.00000364. The first-order valence-electron chi connectivity index (χ1n) is 10.0. The van der Waals surface area contributed by atoms with Crippen molar-refractivity contribution in [3.8, 4) is 0 Å². The van der Waals surface area contributed by atoms with Crippen molar-refractivity contribution in [2.45, 2.75) is 82.4 Å². The van der Waals surface area contributed by atoms with Crippen LogP contribution in [0, 0.1) is 0 Å². The van der Waals surface area contributed by atoms with Crippen LogP contribution in [-0.2, 0) is 16.5 Å². The van der Waals surface area contributed by atoms with Gasteiger partial charge in [-0.15, -0.1) is 0 Å². The second-order valence-electron chi connectivity index (χ2n) is 7.15. The second kappa shape index (κ2) is 13.5. The van der Waals surface area contributed by atoms with Crippen LogP contribution in [0.4, 0.5) is 0 Å². The van der Waals surface area contributed by atoms with E-state index in [0.29, 0.717) is 12.0 Å². The van der Waals surface area contributed by atoms with Gasteiger partial charge in [0.05, 0.1) is 4.90 Å². The zero-order chi connectivity index (χ0) is 18.8. The topological polar surface area (TPSA) is 57.2 Å². The number of aryl methyl sites for hydroxylation is 1. The van der Waals surface area contributed by atoms with Crippen molar-refractivity contribution in [3.05, 3.63) is 42.0 Å². The molecule has 0 aliphatic rings. The fourth-order valence-corrected chi connectivity index (χ4v) is 4.35. The predicted molar refractivity (Wildman–Crippen MR) is 107 cm³/mol. The molecule has 0 saturated carbocycles. The molecule has 144 valence electrons. The quantitative estimate of drug-likeness (QED) is 0.304. The first-order valence-corrected chi connectivity index (χ1v) is 11.4. The number of hydrogen-bond donors (Lipinski definition) is 0. The minimum atomic E-state index is -4.44. The summed E-state index contributed by atoms with van der Waals surface area (Å²) in [6, 6.07) is 10.9. The summed E-state index contributed by atoms with van der Waals surface area (Å²) >= 11 is 0. The Morgan fingerprint density at radius 3 is 1.93 bits per heavy atom. The largest absolute Gasteiger partial charge is 1.00 e. The van der Waals surface area contributed by atoms with E-state index in [1.54, 1.807) is 6.07 Å². The molecule has 0 heterocycles. The van der Waals surface area contributed by atoms with E-state index in [1.807, 2.05) is 24.3 Å². The number of hydrogen-bond acceptors (Lipinski definition) is 3. The monoisotopic (exact) mass is 414 g/mol. The third-order valence-corrected chi connectivity index (χ3v) is 5.97. The summed E-state index contributed by atoms with van der Waals surface area (Å²) < 4.78 is 34.9. The first-order chi connectivity index (χ1) is 12.5. The minimum Gasteiger partial charge on any atom is -0.744 e. The van der Waals surface area contributed by atoms with E-state index in [4.69, 9.17) is 0 Å². The van der Waals surface area contributed by atoms with Gasteiger partial charge in [-0.05, 0) is 35.2 Å². The maximum Gasteiger partial charge on any atom is 1.00 e. The Hall–Kier alpha value is 0.246. The van der Waals surface area contributed by atoms with Gasteiger partial charge in [0.15, 0.2) is 0 Å². The summed E-state index contributed by atoms with van der Waals surface area (Å²) in [6.07, 6.45) is 13.0. The van der Waals surface area contributed by atoms with Crippen LogP contribution >= 0.6 is 0 Å². The van der Waals surface area contributed by atoms with Crippen molar-refractivity contribution in [2.75, 3.05) is 0 Å². The van der Waals surface area contributed by atoms with Crippen LogP contribution in [0.3, 0.4) is 0 Å². The van der Waals surface area contributed by atoms with Crippen LogP contribution in [0.25, 0.3) is 10.8 Å². The predicted octanol–water partition coefficient (Wildman–Crippen LogP) is 3.21. The normalized spacial score (nSPS) is 11.5. The third-order valence-electron chi connectivity index (χ3n) is 5.05. The molecule has 0 unspecified atom stereocenters. The van der Waals surface area contributed by atoms with Crippen LogP contribution in [-0.4, -0.2) is 13.0 Å². The zero-order valence-corrected chi connectivity index (χ0v) is 20.8. The van der Waals surface area contributed by atoms with Gasteiger partial charge in [-0.25, -0.2) is 8.42 Å². The Kier molecular flexibility index (Phi) is 12.6. The van der Waals surface area contributed by atoms with Crippen LogP contribution in [0.2, 0.25) is 0 Å². The summed E-state index contributed by atoms with van der Waals surface area (Å²) in [5.41, 5.74) is 0.692. The summed E-state index contributed by atoms with van der Waals surface area (Å²) in [5, 5.41) is 1.88. The summed E-state index contributed by atoms with van der Waals surface area (Å²) in [5.74, 6) is 0. The molecule has 27 heavy (non-hydrogen) atoms. The molecular weight excluding hydrogens is 383 g/mol. The van der Waals surface area contributed by atoms with Gasteiger partial charge in [-0.2, -0.15) is 0 Å². The van der Waals surface area contributed by atoms with Gasteiger partial charge >= 0.3 is 51.4 Å². The average Bonchev–Trinajstić information content (AvgIpc) is 2.62. The van der Waals surface area contributed by atoms with Crippen LogP contribution in [0.5, 0.6) is 0 Å². The summed E-state index contributed by atoms with van der Waals surface area (Å²) in [6.45, 7) is 2.24. The average molecular weight is 415 g/mol. The Morgan fingerprint density at radius 1 is 0.778 bits per heavy atom. The van der Waals surface area contributed by atoms with Crippen LogP contribution < -0.4 is 51.4 Å². The van der Waals surface area contributed by atoms with E-state index in [2.05, 4.69) is 6.92 Å². The molecule has 0 aliphatic heterocycles. The van der Waals surface area contributed by atoms with Gasteiger partial charge in [0.2, 0.25) is 0 Å². The third kappa shape index (κ3) is 8.65. The van der Waals surface area contributed by atoms with Gasteiger partial charge in [0, 0.05) is 0 Å². The molecule has 2 aromatic rings. The fraction of sp³-hybridized carbons (Fsp3) is 0.545. The van der Waals surface area contributed by atoms with E-state index in [9.17, 15) is 13.0 Å². The maximum absolute atomic E-state index is 11.6. The summed E-state index contributed by atoms with van der Waals surface area (Å²) in [4.78, 5) is -0.0490. The summed E-state index contributed by atoms with van der Waals surface area (Å²) in [7, 11) is -4.44. The molecule has 0 saturated heterocycles. The second-order valence-corrected chi connectivity index (χ2v) is 8.50. The van der Waals surface area contributed by atoms with Crippen molar-refractivity contribution < 1.29 is 64.4 Å². The molecule has 0 N–H and O–H groups in total. The number of fused-ring (bicyclic) bond motifs is 1. The Bertz CT molecular complexity index is 787. The smallest absolute Gasteiger partial charge is 0.744 e. The molecule has 3 nitrogen and oxygen atoms in total. The SMILES string of the molecule is CCCCCCCCCCCCc1c(S(=O)(=O)[O-])ccc2ccccc12.[K+]. The van der Waals surface area contributed by atoms with E-state index in [1.165, 1.54) is 57.4 Å². The molecule has 0 aromatic heterocycles. The Labute approximate surface area is 207 Å². The van der Waals surface area contributed by atoms with E-state index in [0.717, 1.165) is 23.6 Å². The zero-order valence-electron chi connectivity index (χ0n) is 16.9. The molecule has 5 heteroatoms. The molecule has 0 radical (unpaired) electrons. The standard InChI is InChI=1S/C22H32O3S.K/c1-2-3-4-5-6-7-8-9-10-11-16-21-20-15-13-12-14-19(20)17-18-22(21)26(23,24)25;/h12-15,17-18H,2-11,16H2,1H3,(H,23,24,25);/q;+1/p-1. The molecule has 2 rings (SSSR count). The molecule has 0 spiro atoms. The fourth-order valence-electron chi connectivity index (χ4n) is 3.60. The molecule has 0 bridgehead atoms. The van der Waals surface area contributed by atoms with Gasteiger partial charge in [-0.3, -0.25) is 0 Å². The van der Waals surface area contributed by atoms with Crippen LogP contribution in [0.15, 0.2) is 41.3 Å². The van der Waals surface area contributed by atoms with Gasteiger partial charge in [-0.1, -0.05) is 95.0 Å². The maximum atomic E-state index is 11.6. The molecule has 0 amide bonds. The van der Waals surface area contributed by atoms with Crippen molar-refractivity contribution in [3.63, 3.8) is 0 Å². The molecular formula is C22H31KO3S. The number of unbranched alkanes of at least 4 members (excludes halogenated alkanes) is 9. The number of benzene rings is 2. The molecule has 0 fully saturated rings. The number of rotatable bonds is 12. The molecule has 0 aliphatic carbocycles. The van der Waals surface area contributed by atoms with Gasteiger partial charge in [0.1, 0.15) is 10.1 Å². The molecule has 2 aromatic carbocycles. The van der Waals surface area contributed by atoms with Crippen molar-refractivity contribution in [1.82, 2.24) is 0 Å².